The van der Waals surface area contributed by atoms with Gasteiger partial charge in [0.25, 0.3) is 0 Å². The normalized spacial score (nSPS) is 11.4. The molecule has 2 nitrogen and oxygen atoms in total. The molecular formula is C10H8N2S. The zero-order chi connectivity index (χ0) is 8.84. The average molecular weight is 188 g/mol. The van der Waals surface area contributed by atoms with Gasteiger partial charge < -0.3 is 10.1 Å². The standard InChI is InChI=1S/C10H8N2S/c11-7-6-13-9-5-12-4-2-1-3-8(12)10(7)9/h1-6H,11H2. The zero-order valence-corrected chi connectivity index (χ0v) is 7.71. The van der Waals surface area contributed by atoms with Crippen LogP contribution in [0.5, 0.6) is 0 Å². The number of fused-ring (bicyclic) bond motifs is 3. The molecule has 0 spiro atoms. The van der Waals surface area contributed by atoms with Gasteiger partial charge in [0, 0.05) is 23.2 Å². The first kappa shape index (κ1) is 6.97. The van der Waals surface area contributed by atoms with Crippen LogP contribution in [-0.2, 0) is 0 Å². The molecule has 2 N–H and O–H groups in total. The number of aromatic nitrogens is 1. The molecule has 0 radical (unpaired) electrons. The molecule has 0 saturated heterocycles. The van der Waals surface area contributed by atoms with E-state index in [1.54, 1.807) is 11.3 Å². The third-order valence-corrected chi connectivity index (χ3v) is 3.19. The first-order chi connectivity index (χ1) is 6.36. The molecular weight excluding hydrogens is 180 g/mol. The summed E-state index contributed by atoms with van der Waals surface area (Å²) in [6, 6.07) is 6.14. The van der Waals surface area contributed by atoms with Crippen molar-refractivity contribution >= 4 is 32.6 Å². The quantitative estimate of drug-likeness (QED) is 0.577. The van der Waals surface area contributed by atoms with Crippen molar-refractivity contribution < 1.29 is 0 Å². The summed E-state index contributed by atoms with van der Waals surface area (Å²) in [6.07, 6.45) is 4.16. The minimum Gasteiger partial charge on any atom is -0.397 e. The van der Waals surface area contributed by atoms with Gasteiger partial charge in [0.15, 0.2) is 0 Å². The highest BCUT2D eigenvalue weighted by molar-refractivity contribution is 7.18. The second kappa shape index (κ2) is 2.26. The lowest BCUT2D eigenvalue weighted by Gasteiger charge is -1.92. The Balaban J connectivity index is 2.66. The second-order valence-corrected chi connectivity index (χ2v) is 3.96. The van der Waals surface area contributed by atoms with Crippen molar-refractivity contribution in [2.75, 3.05) is 5.73 Å². The monoisotopic (exact) mass is 188 g/mol. The molecule has 0 aromatic carbocycles. The van der Waals surface area contributed by atoms with Crippen LogP contribution < -0.4 is 5.73 Å². The lowest BCUT2D eigenvalue weighted by Crippen LogP contribution is -1.82. The van der Waals surface area contributed by atoms with Gasteiger partial charge in [-0.05, 0) is 12.1 Å². The van der Waals surface area contributed by atoms with Crippen molar-refractivity contribution in [3.05, 3.63) is 36.0 Å². The van der Waals surface area contributed by atoms with Crippen LogP contribution >= 0.6 is 11.3 Å². The smallest absolute Gasteiger partial charge is 0.0558 e. The molecule has 3 aromatic rings. The van der Waals surface area contributed by atoms with Crippen molar-refractivity contribution in [3.8, 4) is 0 Å². The molecule has 0 aliphatic heterocycles. The van der Waals surface area contributed by atoms with Gasteiger partial charge in [-0.25, -0.2) is 0 Å². The third-order valence-electron chi connectivity index (χ3n) is 2.25. The largest absolute Gasteiger partial charge is 0.397 e. The first-order valence-electron chi connectivity index (χ1n) is 4.08. The fraction of sp³-hybridized carbons (Fsp3) is 0. The summed E-state index contributed by atoms with van der Waals surface area (Å²) in [7, 11) is 0. The SMILES string of the molecule is Nc1csc2cn3ccccc3c12. The molecule has 64 valence electrons. The highest BCUT2D eigenvalue weighted by Crippen LogP contribution is 2.32. The predicted octanol–water partition coefficient (Wildman–Crippen LogP) is 2.74. The number of nitrogens with zero attached hydrogens (tertiary/aromatic N) is 1. The molecule has 3 rings (SSSR count). The molecule has 0 bridgehead atoms. The predicted molar refractivity (Wildman–Crippen MR) is 57.2 cm³/mol. The van der Waals surface area contributed by atoms with Crippen LogP contribution in [-0.4, -0.2) is 4.40 Å². The lowest BCUT2D eigenvalue weighted by atomic mass is 10.3. The number of hydrogen-bond acceptors (Lipinski definition) is 2. The summed E-state index contributed by atoms with van der Waals surface area (Å²) in [5.41, 5.74) is 7.96. The van der Waals surface area contributed by atoms with Crippen molar-refractivity contribution in [2.24, 2.45) is 0 Å². The zero-order valence-electron chi connectivity index (χ0n) is 6.90. The molecule has 0 aliphatic rings. The van der Waals surface area contributed by atoms with Crippen LogP contribution in [0.25, 0.3) is 15.6 Å². The number of nitrogens with two attached hydrogens (primary N) is 1. The maximum atomic E-state index is 5.88. The van der Waals surface area contributed by atoms with Gasteiger partial charge in [-0.3, -0.25) is 0 Å². The van der Waals surface area contributed by atoms with Gasteiger partial charge in [0.1, 0.15) is 0 Å². The molecule has 3 heterocycles. The first-order valence-corrected chi connectivity index (χ1v) is 4.96. The van der Waals surface area contributed by atoms with E-state index in [0.717, 1.165) is 5.69 Å². The number of pyridine rings is 1. The fourth-order valence-corrected chi connectivity index (χ4v) is 2.55. The van der Waals surface area contributed by atoms with Crippen LogP contribution in [0, 0.1) is 0 Å². The number of rotatable bonds is 0. The van der Waals surface area contributed by atoms with Crippen molar-refractivity contribution in [1.29, 1.82) is 0 Å². The molecule has 0 amide bonds. The van der Waals surface area contributed by atoms with E-state index in [1.165, 1.54) is 15.6 Å². The van der Waals surface area contributed by atoms with E-state index in [9.17, 15) is 0 Å². The maximum Gasteiger partial charge on any atom is 0.0558 e. The molecule has 0 aliphatic carbocycles. The van der Waals surface area contributed by atoms with E-state index in [4.69, 9.17) is 5.73 Å². The molecule has 0 fully saturated rings. The molecule has 0 atom stereocenters. The third kappa shape index (κ3) is 0.820. The Morgan fingerprint density at radius 2 is 2.23 bits per heavy atom. The minimum absolute atomic E-state index is 0.883. The Morgan fingerprint density at radius 1 is 1.31 bits per heavy atom. The van der Waals surface area contributed by atoms with Gasteiger partial charge >= 0.3 is 0 Å². The number of nitrogen functional groups attached to an aromatic ring is 1. The number of hydrogen-bond donors (Lipinski definition) is 1. The van der Waals surface area contributed by atoms with Crippen LogP contribution in [0.4, 0.5) is 5.69 Å². The summed E-state index contributed by atoms with van der Waals surface area (Å²) >= 11 is 1.69. The van der Waals surface area contributed by atoms with Crippen molar-refractivity contribution in [1.82, 2.24) is 4.40 Å². The van der Waals surface area contributed by atoms with Crippen molar-refractivity contribution in [3.63, 3.8) is 0 Å². The van der Waals surface area contributed by atoms with Crippen molar-refractivity contribution in [2.45, 2.75) is 0 Å². The molecule has 0 saturated carbocycles. The van der Waals surface area contributed by atoms with Gasteiger partial charge in [-0.2, -0.15) is 0 Å². The second-order valence-electron chi connectivity index (χ2n) is 3.05. The topological polar surface area (TPSA) is 30.4 Å². The maximum absolute atomic E-state index is 5.88. The van der Waals surface area contributed by atoms with Crippen LogP contribution in [0.2, 0.25) is 0 Å². The highest BCUT2D eigenvalue weighted by Gasteiger charge is 2.06. The van der Waals surface area contributed by atoms with E-state index in [1.807, 2.05) is 23.7 Å². The molecule has 3 heteroatoms. The van der Waals surface area contributed by atoms with E-state index in [2.05, 4.69) is 16.7 Å². The van der Waals surface area contributed by atoms with Gasteiger partial charge in [0.2, 0.25) is 0 Å². The van der Waals surface area contributed by atoms with E-state index in [-0.39, 0.29) is 0 Å². The average Bonchev–Trinajstić information content (AvgIpc) is 2.66. The lowest BCUT2D eigenvalue weighted by molar-refractivity contribution is 1.21. The van der Waals surface area contributed by atoms with Crippen LogP contribution in [0.15, 0.2) is 36.0 Å². The fourth-order valence-electron chi connectivity index (χ4n) is 1.66. The number of thiophene rings is 1. The minimum atomic E-state index is 0.883. The Labute approximate surface area is 79.2 Å². The van der Waals surface area contributed by atoms with Gasteiger partial charge in [0.05, 0.1) is 15.9 Å². The number of anilines is 1. The molecule has 13 heavy (non-hydrogen) atoms. The summed E-state index contributed by atoms with van der Waals surface area (Å²) in [6.45, 7) is 0. The van der Waals surface area contributed by atoms with E-state index >= 15 is 0 Å². The van der Waals surface area contributed by atoms with Gasteiger partial charge in [-0.15, -0.1) is 11.3 Å². The molecule has 0 unspecified atom stereocenters. The molecule has 3 aromatic heterocycles. The van der Waals surface area contributed by atoms with E-state index in [0.29, 0.717) is 0 Å². The van der Waals surface area contributed by atoms with E-state index < -0.39 is 0 Å². The Kier molecular flexibility index (Phi) is 1.21. The van der Waals surface area contributed by atoms with Crippen LogP contribution in [0.1, 0.15) is 0 Å². The highest BCUT2D eigenvalue weighted by atomic mass is 32.1. The van der Waals surface area contributed by atoms with Gasteiger partial charge in [-0.1, -0.05) is 6.07 Å². The Bertz CT molecular complexity index is 577. The Hall–Kier alpha value is -1.48. The summed E-state index contributed by atoms with van der Waals surface area (Å²) in [4.78, 5) is 0. The Morgan fingerprint density at radius 3 is 3.15 bits per heavy atom. The summed E-state index contributed by atoms with van der Waals surface area (Å²) in [5, 5.41) is 3.18. The summed E-state index contributed by atoms with van der Waals surface area (Å²) in [5.74, 6) is 0. The van der Waals surface area contributed by atoms with Crippen LogP contribution in [0.3, 0.4) is 0 Å². The summed E-state index contributed by atoms with van der Waals surface area (Å²) < 4.78 is 3.36.